The van der Waals surface area contributed by atoms with E-state index in [0.717, 1.165) is 44.9 Å². The molecule has 0 aromatic heterocycles. The third-order valence-electron chi connectivity index (χ3n) is 3.21. The summed E-state index contributed by atoms with van der Waals surface area (Å²) in [5, 5.41) is 17.7. The second-order valence-corrected chi connectivity index (χ2v) is 5.58. The van der Waals surface area contributed by atoms with Gasteiger partial charge in [0.25, 0.3) is 0 Å². The van der Waals surface area contributed by atoms with Gasteiger partial charge in [-0.15, -0.1) is 5.92 Å². The fourth-order valence-electron chi connectivity index (χ4n) is 1.81. The van der Waals surface area contributed by atoms with Gasteiger partial charge in [-0.1, -0.05) is 49.3 Å². The second kappa shape index (κ2) is 18.5. The molecule has 140 valence electrons. The molecule has 1 unspecified atom stereocenters. The summed E-state index contributed by atoms with van der Waals surface area (Å²) in [5.74, 6) is 5.84. The van der Waals surface area contributed by atoms with E-state index in [1.165, 1.54) is 0 Å². The first kappa shape index (κ1) is 23.2. The van der Waals surface area contributed by atoms with Crippen molar-refractivity contribution < 1.29 is 19.7 Å². The highest BCUT2D eigenvalue weighted by molar-refractivity contribution is 5.69. The second-order valence-electron chi connectivity index (χ2n) is 5.58. The van der Waals surface area contributed by atoms with Gasteiger partial charge in [0.15, 0.2) is 0 Å². The lowest BCUT2D eigenvalue weighted by atomic mass is 10.2. The third-order valence-corrected chi connectivity index (χ3v) is 3.21. The van der Waals surface area contributed by atoms with Gasteiger partial charge in [-0.25, -0.2) is 0 Å². The van der Waals surface area contributed by atoms with Crippen molar-refractivity contribution in [3.8, 4) is 11.8 Å². The molecule has 1 atom stereocenters. The van der Waals surface area contributed by atoms with Crippen LogP contribution >= 0.6 is 0 Å². The average molecular weight is 348 g/mol. The van der Waals surface area contributed by atoms with E-state index < -0.39 is 12.7 Å². The Morgan fingerprint density at radius 2 is 1.72 bits per heavy atom. The number of aliphatic hydroxyl groups is 2. The zero-order chi connectivity index (χ0) is 18.6. The van der Waals surface area contributed by atoms with Crippen molar-refractivity contribution in [2.45, 2.75) is 64.4 Å². The largest absolute Gasteiger partial charge is 0.463 e. The van der Waals surface area contributed by atoms with Crippen LogP contribution in [0.5, 0.6) is 0 Å². The molecule has 0 amide bonds. The van der Waals surface area contributed by atoms with Crippen molar-refractivity contribution in [3.63, 3.8) is 0 Å². The Morgan fingerprint density at radius 1 is 1.04 bits per heavy atom. The molecule has 0 saturated heterocycles. The minimum atomic E-state index is -0.990. The zero-order valence-electron chi connectivity index (χ0n) is 15.3. The van der Waals surface area contributed by atoms with Gasteiger partial charge in [0.2, 0.25) is 0 Å². The number of ether oxygens (including phenoxy) is 1. The number of unbranched alkanes of at least 4 members (excludes halogenated alkanes) is 2. The van der Waals surface area contributed by atoms with Crippen molar-refractivity contribution in [1.29, 1.82) is 0 Å². The van der Waals surface area contributed by atoms with Gasteiger partial charge >= 0.3 is 5.97 Å². The summed E-state index contributed by atoms with van der Waals surface area (Å²) >= 11 is 0. The predicted octanol–water partition coefficient (Wildman–Crippen LogP) is 3.70. The van der Waals surface area contributed by atoms with Crippen LogP contribution in [-0.2, 0) is 9.53 Å². The Morgan fingerprint density at radius 3 is 2.40 bits per heavy atom. The number of aliphatic hydroxyl groups excluding tert-OH is 2. The number of rotatable bonds is 13. The van der Waals surface area contributed by atoms with E-state index in [1.807, 2.05) is 0 Å². The van der Waals surface area contributed by atoms with Crippen molar-refractivity contribution in [3.05, 3.63) is 36.5 Å². The van der Waals surface area contributed by atoms with Crippen molar-refractivity contribution in [1.82, 2.24) is 0 Å². The Labute approximate surface area is 152 Å². The summed E-state index contributed by atoms with van der Waals surface area (Å²) in [6, 6.07) is 0. The summed E-state index contributed by atoms with van der Waals surface area (Å²) in [7, 11) is 0. The lowest BCUT2D eigenvalue weighted by molar-refractivity contribution is -0.147. The van der Waals surface area contributed by atoms with E-state index in [0.29, 0.717) is 6.42 Å². The van der Waals surface area contributed by atoms with Gasteiger partial charge < -0.3 is 14.9 Å². The third kappa shape index (κ3) is 18.4. The zero-order valence-corrected chi connectivity index (χ0v) is 15.3. The molecule has 0 radical (unpaired) electrons. The fraction of sp³-hybridized carbons (Fsp3) is 0.571. The van der Waals surface area contributed by atoms with Crippen LogP contribution in [0.15, 0.2) is 36.5 Å². The molecule has 0 aromatic carbocycles. The molecule has 0 spiro atoms. The number of hydrogen-bond donors (Lipinski definition) is 2. The summed E-state index contributed by atoms with van der Waals surface area (Å²) in [4.78, 5) is 11.3. The summed E-state index contributed by atoms with van der Waals surface area (Å²) in [6.07, 6.45) is 18.3. The number of allylic oxidation sites excluding steroid dienone is 6. The van der Waals surface area contributed by atoms with E-state index in [9.17, 15) is 4.79 Å². The molecule has 4 heteroatoms. The molecule has 0 rings (SSSR count). The van der Waals surface area contributed by atoms with Crippen LogP contribution in [0.2, 0.25) is 0 Å². The monoisotopic (exact) mass is 348 g/mol. The van der Waals surface area contributed by atoms with Gasteiger partial charge in [0.05, 0.1) is 6.61 Å². The predicted molar refractivity (Wildman–Crippen MR) is 102 cm³/mol. The van der Waals surface area contributed by atoms with Gasteiger partial charge in [0, 0.05) is 19.3 Å². The Bertz CT molecular complexity index is 466. The van der Waals surface area contributed by atoms with Crippen LogP contribution in [0.3, 0.4) is 0 Å². The highest BCUT2D eigenvalue weighted by Gasteiger charge is 2.06. The molecule has 0 heterocycles. The first-order valence-electron chi connectivity index (χ1n) is 9.06. The van der Waals surface area contributed by atoms with Crippen LogP contribution in [0.1, 0.15) is 58.3 Å². The summed E-state index contributed by atoms with van der Waals surface area (Å²) < 4.78 is 4.81. The summed E-state index contributed by atoms with van der Waals surface area (Å²) in [5.41, 5.74) is 0. The molecule has 0 saturated carbocycles. The lowest BCUT2D eigenvalue weighted by Gasteiger charge is -2.07. The van der Waals surface area contributed by atoms with Crippen LogP contribution in [0.25, 0.3) is 0 Å². The van der Waals surface area contributed by atoms with Crippen LogP contribution in [0, 0.1) is 11.8 Å². The van der Waals surface area contributed by atoms with Crippen molar-refractivity contribution in [2.75, 3.05) is 13.2 Å². The molecule has 0 fully saturated rings. The molecule has 0 bridgehead atoms. The minimum absolute atomic E-state index is 0.147. The molecular weight excluding hydrogens is 316 g/mol. The lowest BCUT2D eigenvalue weighted by Crippen LogP contribution is -2.21. The molecule has 25 heavy (non-hydrogen) atoms. The van der Waals surface area contributed by atoms with E-state index in [-0.39, 0.29) is 12.6 Å². The van der Waals surface area contributed by atoms with E-state index >= 15 is 0 Å². The molecule has 2 N–H and O–H groups in total. The van der Waals surface area contributed by atoms with Gasteiger partial charge in [-0.05, 0) is 32.1 Å². The Hall–Kier alpha value is -1.83. The van der Waals surface area contributed by atoms with Gasteiger partial charge in [-0.2, -0.15) is 0 Å². The molecule has 0 aliphatic heterocycles. The Balaban J connectivity index is 3.51. The van der Waals surface area contributed by atoms with E-state index in [2.05, 4.69) is 55.2 Å². The van der Waals surface area contributed by atoms with E-state index in [1.54, 1.807) is 0 Å². The standard InChI is InChI=1S/C21H32O4/c1-2-3-4-5-6-7-8-9-10-11-12-13-14-15-16-17-21(24)25-19-20(23)18-22/h3-4,6-7,9-10,20,22-23H,2,5,8,11,14-19H2,1H3. The topological polar surface area (TPSA) is 66.8 Å². The van der Waals surface area contributed by atoms with E-state index in [4.69, 9.17) is 14.9 Å². The smallest absolute Gasteiger partial charge is 0.305 e. The molecule has 0 aliphatic carbocycles. The quantitative estimate of drug-likeness (QED) is 0.230. The van der Waals surface area contributed by atoms with Crippen LogP contribution in [0.4, 0.5) is 0 Å². The molecule has 4 nitrogen and oxygen atoms in total. The van der Waals surface area contributed by atoms with Crippen LogP contribution < -0.4 is 0 Å². The maximum absolute atomic E-state index is 11.3. The van der Waals surface area contributed by atoms with Crippen molar-refractivity contribution >= 4 is 5.97 Å². The number of esters is 1. The molecular formula is C21H32O4. The number of carbonyl (C=O) groups is 1. The Kier molecular flexibility index (Phi) is 17.2. The maximum Gasteiger partial charge on any atom is 0.305 e. The minimum Gasteiger partial charge on any atom is -0.463 e. The highest BCUT2D eigenvalue weighted by atomic mass is 16.5. The molecule has 0 aliphatic rings. The SMILES string of the molecule is CCC=CCC=CCC=CCC#CCCCCC(=O)OCC(O)CO. The van der Waals surface area contributed by atoms with Crippen LogP contribution in [-0.4, -0.2) is 35.5 Å². The normalized spacial score (nSPS) is 12.6. The number of hydrogen-bond acceptors (Lipinski definition) is 4. The van der Waals surface area contributed by atoms with Gasteiger partial charge in [-0.3, -0.25) is 4.79 Å². The van der Waals surface area contributed by atoms with Gasteiger partial charge in [0.1, 0.15) is 12.7 Å². The van der Waals surface area contributed by atoms with Crippen molar-refractivity contribution in [2.24, 2.45) is 0 Å². The maximum atomic E-state index is 11.3. The first-order valence-corrected chi connectivity index (χ1v) is 9.06. The summed E-state index contributed by atoms with van der Waals surface area (Å²) in [6.45, 7) is 1.58. The first-order chi connectivity index (χ1) is 12.2. The average Bonchev–Trinajstić information content (AvgIpc) is 2.62. The molecule has 0 aromatic rings. The fourth-order valence-corrected chi connectivity index (χ4v) is 1.81. The highest BCUT2D eigenvalue weighted by Crippen LogP contribution is 2.01. The number of carbonyl (C=O) groups excluding carboxylic acids is 1.